The van der Waals surface area contributed by atoms with Crippen LogP contribution >= 0.6 is 0 Å². The van der Waals surface area contributed by atoms with Crippen molar-refractivity contribution in [2.45, 2.75) is 25.9 Å². The Morgan fingerprint density at radius 1 is 0.923 bits per heavy atom. The highest BCUT2D eigenvalue weighted by atomic mass is 16.3. The number of hydrogen-bond acceptors (Lipinski definition) is 5. The molecule has 1 saturated heterocycles. The maximum Gasteiger partial charge on any atom is 0.132 e. The Kier molecular flexibility index (Phi) is 4.63. The van der Waals surface area contributed by atoms with Crippen molar-refractivity contribution in [1.82, 2.24) is 15.0 Å². The molecular formula is C21H22N4O. The van der Waals surface area contributed by atoms with Crippen LogP contribution in [0.25, 0.3) is 22.4 Å². The van der Waals surface area contributed by atoms with Crippen molar-refractivity contribution in [3.8, 4) is 22.4 Å². The van der Waals surface area contributed by atoms with Gasteiger partial charge in [0, 0.05) is 42.7 Å². The van der Waals surface area contributed by atoms with E-state index in [1.807, 2.05) is 43.6 Å². The predicted octanol–water partition coefficient (Wildman–Crippen LogP) is 3.48. The lowest BCUT2D eigenvalue weighted by Crippen LogP contribution is -2.36. The van der Waals surface area contributed by atoms with Gasteiger partial charge in [-0.1, -0.05) is 30.3 Å². The molecule has 1 aliphatic heterocycles. The molecule has 0 atom stereocenters. The molecule has 0 amide bonds. The average Bonchev–Trinajstić information content (AvgIpc) is 2.69. The zero-order valence-corrected chi connectivity index (χ0v) is 14.8. The van der Waals surface area contributed by atoms with Crippen molar-refractivity contribution in [3.05, 3.63) is 60.7 Å². The zero-order valence-electron chi connectivity index (χ0n) is 14.8. The number of benzene rings is 1. The summed E-state index contributed by atoms with van der Waals surface area (Å²) < 4.78 is 0. The van der Waals surface area contributed by atoms with Crippen LogP contribution in [0.5, 0.6) is 0 Å². The van der Waals surface area contributed by atoms with E-state index in [1.54, 1.807) is 0 Å². The lowest BCUT2D eigenvalue weighted by Gasteiger charge is -2.30. The minimum absolute atomic E-state index is 0.194. The quantitative estimate of drug-likeness (QED) is 0.787. The van der Waals surface area contributed by atoms with Crippen molar-refractivity contribution in [2.75, 3.05) is 18.0 Å². The third-order valence-corrected chi connectivity index (χ3v) is 4.75. The molecule has 26 heavy (non-hydrogen) atoms. The molecule has 1 aromatic carbocycles. The van der Waals surface area contributed by atoms with E-state index >= 15 is 0 Å². The van der Waals surface area contributed by atoms with Crippen molar-refractivity contribution >= 4 is 5.82 Å². The third kappa shape index (κ3) is 3.58. The van der Waals surface area contributed by atoms with Crippen LogP contribution in [0.15, 0.2) is 54.9 Å². The summed E-state index contributed by atoms with van der Waals surface area (Å²) in [5.41, 5.74) is 4.07. The summed E-state index contributed by atoms with van der Waals surface area (Å²) >= 11 is 0. The summed E-state index contributed by atoms with van der Waals surface area (Å²) in [5, 5.41) is 9.73. The highest BCUT2D eigenvalue weighted by Crippen LogP contribution is 2.27. The largest absolute Gasteiger partial charge is 0.393 e. The van der Waals surface area contributed by atoms with Gasteiger partial charge in [0.15, 0.2) is 0 Å². The molecule has 2 aromatic heterocycles. The van der Waals surface area contributed by atoms with E-state index in [9.17, 15) is 5.11 Å². The molecule has 0 aliphatic carbocycles. The van der Waals surface area contributed by atoms with Crippen LogP contribution in [-0.4, -0.2) is 39.3 Å². The van der Waals surface area contributed by atoms with E-state index in [1.165, 1.54) is 0 Å². The molecule has 1 N–H and O–H groups in total. The average molecular weight is 346 g/mol. The van der Waals surface area contributed by atoms with E-state index < -0.39 is 0 Å². The van der Waals surface area contributed by atoms with Crippen LogP contribution in [0.1, 0.15) is 18.7 Å². The summed E-state index contributed by atoms with van der Waals surface area (Å²) in [4.78, 5) is 15.9. The normalized spacial score (nSPS) is 15.2. The number of aromatic nitrogens is 3. The van der Waals surface area contributed by atoms with Gasteiger partial charge in [0.1, 0.15) is 11.6 Å². The molecule has 0 spiro atoms. The Balaban J connectivity index is 1.68. The van der Waals surface area contributed by atoms with Crippen LogP contribution < -0.4 is 4.90 Å². The van der Waals surface area contributed by atoms with E-state index in [4.69, 9.17) is 0 Å². The van der Waals surface area contributed by atoms with Gasteiger partial charge in [0.2, 0.25) is 0 Å². The second-order valence-electron chi connectivity index (χ2n) is 6.71. The second-order valence-corrected chi connectivity index (χ2v) is 6.71. The Morgan fingerprint density at radius 3 is 2.42 bits per heavy atom. The zero-order chi connectivity index (χ0) is 17.9. The van der Waals surface area contributed by atoms with Gasteiger partial charge in [-0.05, 0) is 31.4 Å². The van der Waals surface area contributed by atoms with E-state index in [-0.39, 0.29) is 6.10 Å². The smallest absolute Gasteiger partial charge is 0.132 e. The first-order chi connectivity index (χ1) is 12.7. The molecule has 1 aliphatic rings. The van der Waals surface area contributed by atoms with Gasteiger partial charge in [-0.15, -0.1) is 0 Å². The number of pyridine rings is 1. The molecule has 1 fully saturated rings. The molecule has 3 heterocycles. The van der Waals surface area contributed by atoms with Crippen LogP contribution in [0.4, 0.5) is 5.82 Å². The Labute approximate surface area is 153 Å². The Hall–Kier alpha value is -2.79. The first-order valence-corrected chi connectivity index (χ1v) is 8.98. The summed E-state index contributed by atoms with van der Waals surface area (Å²) in [7, 11) is 0. The minimum Gasteiger partial charge on any atom is -0.393 e. The standard InChI is InChI=1S/C21H22N4O/c1-15-23-20(12-21(24-15)25-9-7-19(26)8-10-25)18-11-17(13-22-14-18)16-5-3-2-4-6-16/h2-6,11-14,19,26H,7-10H2,1H3. The maximum atomic E-state index is 9.73. The maximum absolute atomic E-state index is 9.73. The van der Waals surface area contributed by atoms with Gasteiger partial charge in [0.25, 0.3) is 0 Å². The molecule has 4 rings (SSSR count). The molecule has 0 saturated carbocycles. The number of anilines is 1. The molecule has 0 bridgehead atoms. The lowest BCUT2D eigenvalue weighted by atomic mass is 10.0. The number of aliphatic hydroxyl groups excluding tert-OH is 1. The fraction of sp³-hybridized carbons (Fsp3) is 0.286. The highest BCUT2D eigenvalue weighted by Gasteiger charge is 2.19. The van der Waals surface area contributed by atoms with Gasteiger partial charge in [-0.25, -0.2) is 9.97 Å². The number of nitrogens with zero attached hydrogens (tertiary/aromatic N) is 4. The van der Waals surface area contributed by atoms with Gasteiger partial charge >= 0.3 is 0 Å². The molecular weight excluding hydrogens is 324 g/mol. The predicted molar refractivity (Wildman–Crippen MR) is 103 cm³/mol. The molecule has 3 aromatic rings. The molecule has 132 valence electrons. The van der Waals surface area contributed by atoms with E-state index in [0.717, 1.165) is 60.0 Å². The van der Waals surface area contributed by atoms with Crippen molar-refractivity contribution in [1.29, 1.82) is 0 Å². The number of piperidine rings is 1. The molecule has 0 unspecified atom stereocenters. The van der Waals surface area contributed by atoms with Crippen LogP contribution in [0.3, 0.4) is 0 Å². The van der Waals surface area contributed by atoms with Gasteiger partial charge in [-0.2, -0.15) is 0 Å². The first-order valence-electron chi connectivity index (χ1n) is 8.98. The van der Waals surface area contributed by atoms with Crippen molar-refractivity contribution < 1.29 is 5.11 Å². The van der Waals surface area contributed by atoms with Crippen LogP contribution in [0, 0.1) is 6.92 Å². The molecule has 5 heteroatoms. The van der Waals surface area contributed by atoms with Crippen LogP contribution in [0.2, 0.25) is 0 Å². The van der Waals surface area contributed by atoms with Crippen molar-refractivity contribution in [3.63, 3.8) is 0 Å². The molecule has 5 nitrogen and oxygen atoms in total. The van der Waals surface area contributed by atoms with Crippen LogP contribution in [-0.2, 0) is 0 Å². The third-order valence-electron chi connectivity index (χ3n) is 4.75. The Bertz CT molecular complexity index is 890. The number of rotatable bonds is 3. The number of hydrogen-bond donors (Lipinski definition) is 1. The summed E-state index contributed by atoms with van der Waals surface area (Å²) in [6, 6.07) is 14.4. The fourth-order valence-corrected chi connectivity index (χ4v) is 3.33. The lowest BCUT2D eigenvalue weighted by molar-refractivity contribution is 0.145. The van der Waals surface area contributed by atoms with Gasteiger partial charge < -0.3 is 10.0 Å². The SMILES string of the molecule is Cc1nc(-c2cncc(-c3ccccc3)c2)cc(N2CCC(O)CC2)n1. The summed E-state index contributed by atoms with van der Waals surface area (Å²) in [6.07, 6.45) is 5.09. The molecule has 0 radical (unpaired) electrons. The Morgan fingerprint density at radius 2 is 1.65 bits per heavy atom. The first kappa shape index (κ1) is 16.7. The van der Waals surface area contributed by atoms with Gasteiger partial charge in [0.05, 0.1) is 11.8 Å². The number of aryl methyl sites for hydroxylation is 1. The van der Waals surface area contributed by atoms with Gasteiger partial charge in [-0.3, -0.25) is 4.98 Å². The summed E-state index contributed by atoms with van der Waals surface area (Å²) in [6.45, 7) is 3.55. The second kappa shape index (κ2) is 7.22. The summed E-state index contributed by atoms with van der Waals surface area (Å²) in [5.74, 6) is 1.67. The minimum atomic E-state index is -0.194. The monoisotopic (exact) mass is 346 g/mol. The van der Waals surface area contributed by atoms with E-state index in [0.29, 0.717) is 0 Å². The van der Waals surface area contributed by atoms with E-state index in [2.05, 4.69) is 38.1 Å². The van der Waals surface area contributed by atoms with Crippen molar-refractivity contribution in [2.24, 2.45) is 0 Å². The fourth-order valence-electron chi connectivity index (χ4n) is 3.33. The highest BCUT2D eigenvalue weighted by molar-refractivity contribution is 5.71. The number of aliphatic hydroxyl groups is 1. The topological polar surface area (TPSA) is 62.1 Å².